The smallest absolute Gasteiger partial charge is 0.550 e. The van der Waals surface area contributed by atoms with Gasteiger partial charge in [-0.3, -0.25) is 0 Å². The van der Waals surface area contributed by atoms with Crippen molar-refractivity contribution >= 4 is 47.8 Å². The summed E-state index contributed by atoms with van der Waals surface area (Å²) in [7, 11) is 0. The Labute approximate surface area is 385 Å². The minimum absolute atomic E-state index is 0. The monoisotopic (exact) mass is 967 g/mol. The molecule has 0 aliphatic heterocycles. The molecule has 0 atom stereocenters. The van der Waals surface area contributed by atoms with Crippen LogP contribution in [0.2, 0.25) is 0 Å². The fourth-order valence-electron chi connectivity index (χ4n) is 6.32. The third-order valence-electron chi connectivity index (χ3n) is 9.94. The molecule has 356 valence electrons. The maximum atomic E-state index is 10.1. The second-order valence-corrected chi connectivity index (χ2v) is 15.9. The average Bonchev–Trinajstić information content (AvgIpc) is 3.19. The molecule has 60 heavy (non-hydrogen) atoms. The van der Waals surface area contributed by atoms with Crippen LogP contribution in [0, 0.1) is 0 Å². The van der Waals surface area contributed by atoms with Gasteiger partial charge >= 0.3 is 23.9 Å². The minimum Gasteiger partial charge on any atom is -0.550 e. The fourth-order valence-corrected chi connectivity index (χ4v) is 6.32. The van der Waals surface area contributed by atoms with E-state index < -0.39 is 23.9 Å². The predicted octanol–water partition coefficient (Wildman–Crippen LogP) is 10.2. The third kappa shape index (κ3) is 96.4. The molecule has 0 bridgehead atoms. The van der Waals surface area contributed by atoms with Crippen LogP contribution in [0.25, 0.3) is 0 Å². The third-order valence-corrected chi connectivity index (χ3v) is 9.94. The van der Waals surface area contributed by atoms with Crippen molar-refractivity contribution in [3.05, 3.63) is 0 Å². The van der Waals surface area contributed by atoms with Gasteiger partial charge in [0.05, 0.1) is 0 Å². The SMILES string of the molecule is CCCCCCCCCCCC(=O)[O-].CCCCCCCCCCCC(=O)[O-].CCCCCCCCCCCC(=O)[O-].CCCCCCCCCCCC(=O)[O-].OOO.[Sn+4]. The van der Waals surface area contributed by atoms with Crippen LogP contribution in [0.5, 0.6) is 0 Å². The van der Waals surface area contributed by atoms with E-state index in [0.29, 0.717) is 0 Å². The van der Waals surface area contributed by atoms with Gasteiger partial charge in [-0.1, -0.05) is 238 Å². The van der Waals surface area contributed by atoms with Crippen LogP contribution in [-0.4, -0.2) is 58.3 Å². The first-order valence-electron chi connectivity index (χ1n) is 24.2. The van der Waals surface area contributed by atoms with Crippen molar-refractivity contribution in [2.45, 2.75) is 285 Å². The van der Waals surface area contributed by atoms with Crippen LogP contribution < -0.4 is 20.4 Å². The molecule has 0 aromatic rings. The number of carboxylic acid groups (broad SMARTS) is 4. The molecule has 0 heterocycles. The van der Waals surface area contributed by atoms with Crippen LogP contribution >= 0.6 is 0 Å². The Kier molecular flexibility index (Phi) is 81.1. The summed E-state index contributed by atoms with van der Waals surface area (Å²) in [5.74, 6) is -3.64. The second kappa shape index (κ2) is 69.3. The summed E-state index contributed by atoms with van der Waals surface area (Å²) < 4.78 is 0. The summed E-state index contributed by atoms with van der Waals surface area (Å²) in [6.07, 6.45) is 44.7. The van der Waals surface area contributed by atoms with Gasteiger partial charge in [0.15, 0.2) is 0 Å². The van der Waals surface area contributed by atoms with Gasteiger partial charge < -0.3 is 39.6 Å². The molecular formula is C48H94O11Sn. The Balaban J connectivity index is -0.000000157. The Morgan fingerprint density at radius 3 is 0.483 bits per heavy atom. The van der Waals surface area contributed by atoms with E-state index in [1.807, 2.05) is 0 Å². The molecule has 0 aromatic carbocycles. The van der Waals surface area contributed by atoms with Crippen LogP contribution in [0.15, 0.2) is 0 Å². The maximum absolute atomic E-state index is 10.1. The number of aliphatic carboxylic acids is 4. The zero-order valence-electron chi connectivity index (χ0n) is 39.4. The quantitative estimate of drug-likeness (QED) is 0.0255. The van der Waals surface area contributed by atoms with E-state index in [9.17, 15) is 39.6 Å². The molecule has 0 fully saturated rings. The zero-order valence-corrected chi connectivity index (χ0v) is 42.2. The van der Waals surface area contributed by atoms with Crippen LogP contribution in [0.4, 0.5) is 0 Å². The number of carboxylic acids is 4. The summed E-state index contributed by atoms with van der Waals surface area (Å²) in [5, 5.41) is 55.9. The topological polar surface area (TPSA) is 210 Å². The predicted molar refractivity (Wildman–Crippen MR) is 240 cm³/mol. The van der Waals surface area contributed by atoms with Crippen molar-refractivity contribution in [1.82, 2.24) is 0 Å². The number of hydrogen-bond acceptors (Lipinski definition) is 11. The molecule has 2 N–H and O–H groups in total. The first-order valence-corrected chi connectivity index (χ1v) is 24.2. The van der Waals surface area contributed by atoms with Crippen molar-refractivity contribution in [1.29, 1.82) is 0 Å². The van der Waals surface area contributed by atoms with Gasteiger partial charge in [0, 0.05) is 23.9 Å². The van der Waals surface area contributed by atoms with Crippen molar-refractivity contribution < 1.29 is 55.2 Å². The van der Waals surface area contributed by atoms with Crippen LogP contribution in [-0.2, 0) is 24.2 Å². The molecule has 11 nitrogen and oxygen atoms in total. The van der Waals surface area contributed by atoms with E-state index in [4.69, 9.17) is 10.5 Å². The van der Waals surface area contributed by atoms with Gasteiger partial charge in [-0.05, 0) is 51.4 Å². The number of hydrogen-bond donors (Lipinski definition) is 2. The second-order valence-electron chi connectivity index (χ2n) is 15.9. The first kappa shape index (κ1) is 70.2. The van der Waals surface area contributed by atoms with Gasteiger partial charge in [0.2, 0.25) is 0 Å². The molecular weight excluding hydrogens is 871 g/mol. The molecule has 0 rings (SSSR count). The van der Waals surface area contributed by atoms with E-state index in [1.54, 1.807) is 0 Å². The fraction of sp³-hybridized carbons (Fsp3) is 0.917. The maximum Gasteiger partial charge on any atom is 4.00 e. The van der Waals surface area contributed by atoms with Gasteiger partial charge in [0.1, 0.15) is 0 Å². The molecule has 0 radical (unpaired) electrons. The summed E-state index contributed by atoms with van der Waals surface area (Å²) in [6, 6.07) is 0. The van der Waals surface area contributed by atoms with Crippen molar-refractivity contribution in [3.8, 4) is 0 Å². The van der Waals surface area contributed by atoms with Gasteiger partial charge in [-0.2, -0.15) is 0 Å². The Hall–Kier alpha value is -1.44. The average molecular weight is 966 g/mol. The Morgan fingerprint density at radius 2 is 0.383 bits per heavy atom. The molecule has 0 aliphatic carbocycles. The van der Waals surface area contributed by atoms with Gasteiger partial charge in [0.25, 0.3) is 0 Å². The Bertz CT molecular complexity index is 687. The molecule has 0 aromatic heterocycles. The van der Waals surface area contributed by atoms with Gasteiger partial charge in [-0.15, -0.1) is 0 Å². The number of carbonyl (C=O) groups excluding carboxylic acids is 4. The van der Waals surface area contributed by atoms with Crippen LogP contribution in [0.3, 0.4) is 0 Å². The standard InChI is InChI=1S/4C12H24O2.H2O3.Sn/c4*1-2-3-4-5-6-7-8-9-10-11-12(13)14;1-3-2;/h4*2-11H2,1H3,(H,13,14);1-2H;/q;;;;;+4/p-4. The number of unbranched alkanes of at least 4 members (excludes halogenated alkanes) is 32. The van der Waals surface area contributed by atoms with E-state index >= 15 is 0 Å². The molecule has 0 aliphatic rings. The molecule has 0 unspecified atom stereocenters. The van der Waals surface area contributed by atoms with Gasteiger partial charge in [-0.25, -0.2) is 10.5 Å². The summed E-state index contributed by atoms with van der Waals surface area (Å²) in [4.78, 5) is 40.4. The molecule has 0 saturated carbocycles. The van der Waals surface area contributed by atoms with E-state index in [2.05, 4.69) is 32.7 Å². The molecule has 0 spiro atoms. The van der Waals surface area contributed by atoms with Crippen molar-refractivity contribution in [2.75, 3.05) is 0 Å². The number of rotatable bonds is 40. The summed E-state index contributed by atoms with van der Waals surface area (Å²) in [5.41, 5.74) is 0. The van der Waals surface area contributed by atoms with E-state index in [-0.39, 0.29) is 49.6 Å². The molecule has 0 amide bonds. The largest absolute Gasteiger partial charge is 4.00 e. The van der Waals surface area contributed by atoms with E-state index in [0.717, 1.165) is 51.4 Å². The summed E-state index contributed by atoms with van der Waals surface area (Å²) in [6.45, 7) is 8.89. The molecule has 0 saturated heterocycles. The van der Waals surface area contributed by atoms with Crippen molar-refractivity contribution in [3.63, 3.8) is 0 Å². The van der Waals surface area contributed by atoms with E-state index in [1.165, 1.54) is 180 Å². The summed E-state index contributed by atoms with van der Waals surface area (Å²) >= 11 is 0. The normalized spacial score (nSPS) is 9.97. The zero-order chi connectivity index (χ0) is 45.3. The Morgan fingerprint density at radius 1 is 0.283 bits per heavy atom. The van der Waals surface area contributed by atoms with Crippen LogP contribution in [0.1, 0.15) is 285 Å². The first-order chi connectivity index (χ1) is 28.5. The minimum atomic E-state index is -0.909. The number of carbonyl (C=O) groups is 4. The van der Waals surface area contributed by atoms with Crippen molar-refractivity contribution in [2.24, 2.45) is 0 Å². The molecule has 12 heteroatoms.